The average Bonchev–Trinajstić information content (AvgIpc) is 2.37. The zero-order chi connectivity index (χ0) is 14.3. The summed E-state index contributed by atoms with van der Waals surface area (Å²) in [5.41, 5.74) is 0.889. The van der Waals surface area contributed by atoms with Crippen molar-refractivity contribution in [2.75, 3.05) is 13.2 Å². The van der Waals surface area contributed by atoms with Crippen LogP contribution in [0.25, 0.3) is 0 Å². The SMILES string of the molecule is Cc1ccccc1OCC(=O)N[C@H](CCO)C(=O)O. The molecule has 0 radical (unpaired) electrons. The fourth-order valence-corrected chi connectivity index (χ4v) is 1.48. The number of benzene rings is 1. The minimum absolute atomic E-state index is 0.0363. The van der Waals surface area contributed by atoms with E-state index in [2.05, 4.69) is 5.32 Å². The molecule has 0 saturated carbocycles. The molecule has 0 saturated heterocycles. The second kappa shape index (κ2) is 7.38. The lowest BCUT2D eigenvalue weighted by atomic mass is 10.2. The molecule has 0 aliphatic rings. The van der Waals surface area contributed by atoms with E-state index in [0.29, 0.717) is 5.75 Å². The molecule has 19 heavy (non-hydrogen) atoms. The van der Waals surface area contributed by atoms with Gasteiger partial charge >= 0.3 is 5.97 Å². The van der Waals surface area contributed by atoms with Crippen molar-refractivity contribution in [3.8, 4) is 5.75 Å². The Bertz CT molecular complexity index is 446. The Kier molecular flexibility index (Phi) is 5.81. The Balaban J connectivity index is 2.47. The van der Waals surface area contributed by atoms with Crippen LogP contribution in [0.3, 0.4) is 0 Å². The summed E-state index contributed by atoms with van der Waals surface area (Å²) in [7, 11) is 0. The van der Waals surface area contributed by atoms with Gasteiger partial charge in [0.05, 0.1) is 0 Å². The molecule has 0 fully saturated rings. The van der Waals surface area contributed by atoms with Gasteiger partial charge in [0.2, 0.25) is 0 Å². The molecule has 1 aromatic carbocycles. The number of aliphatic carboxylic acids is 1. The zero-order valence-corrected chi connectivity index (χ0v) is 10.6. The van der Waals surface area contributed by atoms with E-state index >= 15 is 0 Å². The van der Waals surface area contributed by atoms with Gasteiger partial charge in [0.1, 0.15) is 11.8 Å². The first-order chi connectivity index (χ1) is 9.04. The van der Waals surface area contributed by atoms with Crippen molar-refractivity contribution in [1.82, 2.24) is 5.32 Å². The Hall–Kier alpha value is -2.08. The summed E-state index contributed by atoms with van der Waals surface area (Å²) in [6, 6.07) is 6.11. The number of aryl methyl sites for hydroxylation is 1. The average molecular weight is 267 g/mol. The lowest BCUT2D eigenvalue weighted by molar-refractivity contribution is -0.142. The summed E-state index contributed by atoms with van der Waals surface area (Å²) >= 11 is 0. The van der Waals surface area contributed by atoms with Gasteiger partial charge < -0.3 is 20.3 Å². The fraction of sp³-hybridized carbons (Fsp3) is 0.385. The van der Waals surface area contributed by atoms with Crippen LogP contribution in [0.4, 0.5) is 0 Å². The third-order valence-corrected chi connectivity index (χ3v) is 2.50. The number of amides is 1. The van der Waals surface area contributed by atoms with E-state index in [1.807, 2.05) is 19.1 Å². The van der Waals surface area contributed by atoms with Crippen LogP contribution in [0.2, 0.25) is 0 Å². The van der Waals surface area contributed by atoms with Gasteiger partial charge in [-0.2, -0.15) is 0 Å². The first-order valence-electron chi connectivity index (χ1n) is 5.86. The summed E-state index contributed by atoms with van der Waals surface area (Å²) in [5.74, 6) is -1.14. The smallest absolute Gasteiger partial charge is 0.326 e. The molecule has 0 unspecified atom stereocenters. The minimum atomic E-state index is -1.18. The summed E-state index contributed by atoms with van der Waals surface area (Å²) < 4.78 is 5.29. The van der Waals surface area contributed by atoms with Crippen LogP contribution in [-0.2, 0) is 9.59 Å². The van der Waals surface area contributed by atoms with E-state index in [1.165, 1.54) is 0 Å². The molecule has 0 heterocycles. The maximum Gasteiger partial charge on any atom is 0.326 e. The number of aliphatic hydroxyl groups is 1. The molecule has 1 amide bonds. The maximum absolute atomic E-state index is 11.5. The van der Waals surface area contributed by atoms with Gasteiger partial charge in [-0.1, -0.05) is 18.2 Å². The minimum Gasteiger partial charge on any atom is -0.484 e. The van der Waals surface area contributed by atoms with Crippen molar-refractivity contribution in [2.45, 2.75) is 19.4 Å². The van der Waals surface area contributed by atoms with E-state index in [-0.39, 0.29) is 19.6 Å². The van der Waals surface area contributed by atoms with E-state index in [0.717, 1.165) is 5.56 Å². The summed E-state index contributed by atoms with van der Waals surface area (Å²) in [5, 5.41) is 19.8. The van der Waals surface area contributed by atoms with Gasteiger partial charge in [0.25, 0.3) is 5.91 Å². The molecular formula is C13H17NO5. The van der Waals surface area contributed by atoms with Crippen LogP contribution >= 0.6 is 0 Å². The monoisotopic (exact) mass is 267 g/mol. The van der Waals surface area contributed by atoms with E-state index < -0.39 is 17.9 Å². The predicted molar refractivity (Wildman–Crippen MR) is 67.9 cm³/mol. The molecule has 0 aliphatic heterocycles. The van der Waals surface area contributed by atoms with Gasteiger partial charge in [-0.3, -0.25) is 4.79 Å². The number of aliphatic hydroxyl groups excluding tert-OH is 1. The van der Waals surface area contributed by atoms with Gasteiger partial charge in [-0.05, 0) is 18.6 Å². The number of carboxylic acids is 1. The topological polar surface area (TPSA) is 95.9 Å². The molecule has 1 atom stereocenters. The summed E-state index contributed by atoms with van der Waals surface area (Å²) in [4.78, 5) is 22.3. The first kappa shape index (κ1) is 15.0. The molecule has 104 valence electrons. The highest BCUT2D eigenvalue weighted by molar-refractivity contribution is 5.84. The molecule has 6 heteroatoms. The number of hydrogen-bond donors (Lipinski definition) is 3. The van der Waals surface area contributed by atoms with Crippen molar-refractivity contribution in [3.05, 3.63) is 29.8 Å². The third-order valence-electron chi connectivity index (χ3n) is 2.50. The largest absolute Gasteiger partial charge is 0.484 e. The van der Waals surface area contributed by atoms with Gasteiger partial charge in [-0.15, -0.1) is 0 Å². The molecular weight excluding hydrogens is 250 g/mol. The number of carboxylic acid groups (broad SMARTS) is 1. The Morgan fingerprint density at radius 3 is 2.63 bits per heavy atom. The Morgan fingerprint density at radius 1 is 1.37 bits per heavy atom. The van der Waals surface area contributed by atoms with Crippen LogP contribution in [0.15, 0.2) is 24.3 Å². The molecule has 1 aromatic rings. The summed E-state index contributed by atoms with van der Waals surface area (Å²) in [6.07, 6.45) is -0.0363. The highest BCUT2D eigenvalue weighted by Gasteiger charge is 2.19. The number of nitrogens with one attached hydrogen (secondary N) is 1. The number of carbonyl (C=O) groups excluding carboxylic acids is 1. The third kappa shape index (κ3) is 4.97. The standard InChI is InChI=1S/C13H17NO5/c1-9-4-2-3-5-11(9)19-8-12(16)14-10(6-7-15)13(17)18/h2-5,10,15H,6-8H2,1H3,(H,14,16)(H,17,18)/t10-/m1/s1. The number of ether oxygens (including phenoxy) is 1. The number of hydrogen-bond acceptors (Lipinski definition) is 4. The Labute approximate surface area is 111 Å². The van der Waals surface area contributed by atoms with Gasteiger partial charge in [0.15, 0.2) is 6.61 Å². The van der Waals surface area contributed by atoms with Crippen molar-refractivity contribution < 1.29 is 24.5 Å². The molecule has 0 aliphatic carbocycles. The number of para-hydroxylation sites is 1. The van der Waals surface area contributed by atoms with Crippen LogP contribution in [0.5, 0.6) is 5.75 Å². The van der Waals surface area contributed by atoms with E-state index in [9.17, 15) is 9.59 Å². The van der Waals surface area contributed by atoms with Gasteiger partial charge in [0, 0.05) is 13.0 Å². The highest BCUT2D eigenvalue weighted by atomic mass is 16.5. The van der Waals surface area contributed by atoms with Crippen molar-refractivity contribution in [1.29, 1.82) is 0 Å². The second-order valence-corrected chi connectivity index (χ2v) is 4.02. The van der Waals surface area contributed by atoms with E-state index in [1.54, 1.807) is 12.1 Å². The normalized spacial score (nSPS) is 11.7. The summed E-state index contributed by atoms with van der Waals surface area (Å²) in [6.45, 7) is 1.27. The molecule has 0 bridgehead atoms. The first-order valence-corrected chi connectivity index (χ1v) is 5.86. The molecule has 0 spiro atoms. The van der Waals surface area contributed by atoms with Gasteiger partial charge in [-0.25, -0.2) is 4.79 Å². The van der Waals surface area contributed by atoms with Crippen molar-refractivity contribution >= 4 is 11.9 Å². The van der Waals surface area contributed by atoms with Crippen molar-refractivity contribution in [2.24, 2.45) is 0 Å². The lowest BCUT2D eigenvalue weighted by Crippen LogP contribution is -2.43. The number of carbonyl (C=O) groups is 2. The fourth-order valence-electron chi connectivity index (χ4n) is 1.48. The molecule has 6 nitrogen and oxygen atoms in total. The van der Waals surface area contributed by atoms with E-state index in [4.69, 9.17) is 14.9 Å². The molecule has 0 aromatic heterocycles. The van der Waals surface area contributed by atoms with Crippen LogP contribution in [0.1, 0.15) is 12.0 Å². The predicted octanol–water partition coefficient (Wildman–Crippen LogP) is 0.326. The van der Waals surface area contributed by atoms with Crippen molar-refractivity contribution in [3.63, 3.8) is 0 Å². The molecule has 1 rings (SSSR count). The Morgan fingerprint density at radius 2 is 2.05 bits per heavy atom. The second-order valence-electron chi connectivity index (χ2n) is 4.02. The molecule has 3 N–H and O–H groups in total. The van der Waals surface area contributed by atoms with Crippen LogP contribution < -0.4 is 10.1 Å². The zero-order valence-electron chi connectivity index (χ0n) is 10.6. The lowest BCUT2D eigenvalue weighted by Gasteiger charge is -2.14. The van der Waals surface area contributed by atoms with Crippen LogP contribution in [-0.4, -0.2) is 41.3 Å². The maximum atomic E-state index is 11.5. The number of rotatable bonds is 7. The van der Waals surface area contributed by atoms with Crippen LogP contribution in [0, 0.1) is 6.92 Å². The highest BCUT2D eigenvalue weighted by Crippen LogP contribution is 2.15. The quantitative estimate of drug-likeness (QED) is 0.661.